The molecular formula is C24H20ClN3O5S. The van der Waals surface area contributed by atoms with Crippen molar-refractivity contribution in [3.8, 4) is 6.07 Å². The monoisotopic (exact) mass is 497 g/mol. The van der Waals surface area contributed by atoms with Gasteiger partial charge < -0.3 is 10.1 Å². The first-order valence-corrected chi connectivity index (χ1v) is 11.8. The van der Waals surface area contributed by atoms with E-state index < -0.39 is 28.0 Å². The van der Waals surface area contributed by atoms with Gasteiger partial charge in [0, 0.05) is 12.7 Å². The van der Waals surface area contributed by atoms with Crippen LogP contribution in [0.25, 0.3) is 0 Å². The molecule has 174 valence electrons. The summed E-state index contributed by atoms with van der Waals surface area (Å²) >= 11 is 5.95. The Balaban J connectivity index is 1.65. The fourth-order valence-corrected chi connectivity index (χ4v) is 4.33. The molecule has 1 N–H and O–H groups in total. The van der Waals surface area contributed by atoms with Crippen molar-refractivity contribution >= 4 is 44.9 Å². The predicted octanol–water partition coefficient (Wildman–Crippen LogP) is 4.22. The Hall–Kier alpha value is -3.87. The first kappa shape index (κ1) is 24.8. The molecule has 0 radical (unpaired) electrons. The van der Waals surface area contributed by atoms with Gasteiger partial charge in [-0.25, -0.2) is 13.2 Å². The number of nitrogens with one attached hydrogen (secondary N) is 1. The lowest BCUT2D eigenvalue weighted by Crippen LogP contribution is -2.30. The van der Waals surface area contributed by atoms with Gasteiger partial charge in [0.2, 0.25) is 0 Å². The summed E-state index contributed by atoms with van der Waals surface area (Å²) in [5, 5.41) is 11.6. The molecule has 3 aromatic rings. The topological polar surface area (TPSA) is 117 Å². The molecule has 0 heterocycles. The fraction of sp³-hybridized carbons (Fsp3) is 0.125. The minimum atomic E-state index is -3.83. The second kappa shape index (κ2) is 10.4. The Morgan fingerprint density at radius 3 is 2.29 bits per heavy atom. The fourth-order valence-electron chi connectivity index (χ4n) is 2.91. The molecule has 0 aliphatic heterocycles. The van der Waals surface area contributed by atoms with Gasteiger partial charge in [-0.3, -0.25) is 9.10 Å². The quantitative estimate of drug-likeness (QED) is 0.488. The standard InChI is InChI=1S/C24H20ClN3O5S/c1-16(23(29)27-19-11-8-18(15-26)22(25)14-19)33-24(30)17-9-12-21(13-10-17)34(31,32)28(2)20-6-4-3-5-7-20/h3-14,16H,1-2H3,(H,27,29). The predicted molar refractivity (Wildman–Crippen MR) is 128 cm³/mol. The second-order valence-electron chi connectivity index (χ2n) is 7.18. The molecule has 0 fully saturated rings. The average molecular weight is 498 g/mol. The number of anilines is 2. The summed E-state index contributed by atoms with van der Waals surface area (Å²) in [7, 11) is -2.39. The van der Waals surface area contributed by atoms with Crippen LogP contribution in [0.4, 0.5) is 11.4 Å². The minimum absolute atomic E-state index is 0.00103. The Bertz CT molecular complexity index is 1350. The van der Waals surface area contributed by atoms with Gasteiger partial charge in [-0.05, 0) is 61.5 Å². The summed E-state index contributed by atoms with van der Waals surface area (Å²) in [6, 6.07) is 20.1. The van der Waals surface area contributed by atoms with Crippen LogP contribution in [0.3, 0.4) is 0 Å². The van der Waals surface area contributed by atoms with Gasteiger partial charge >= 0.3 is 5.97 Å². The van der Waals surface area contributed by atoms with Crippen LogP contribution in [-0.2, 0) is 19.6 Å². The van der Waals surface area contributed by atoms with Crippen molar-refractivity contribution in [2.75, 3.05) is 16.7 Å². The number of hydrogen-bond acceptors (Lipinski definition) is 6. The molecule has 0 bridgehead atoms. The number of para-hydroxylation sites is 1. The number of sulfonamides is 1. The van der Waals surface area contributed by atoms with Crippen molar-refractivity contribution in [3.05, 3.63) is 88.9 Å². The van der Waals surface area contributed by atoms with Gasteiger partial charge in [0.25, 0.3) is 15.9 Å². The molecule has 3 rings (SSSR count). The molecule has 1 atom stereocenters. The molecule has 3 aromatic carbocycles. The molecule has 10 heteroatoms. The van der Waals surface area contributed by atoms with Gasteiger partial charge in [0.05, 0.1) is 26.7 Å². The third-order valence-electron chi connectivity index (χ3n) is 4.88. The molecule has 0 aliphatic rings. The van der Waals surface area contributed by atoms with Gasteiger partial charge in [-0.15, -0.1) is 0 Å². The summed E-state index contributed by atoms with van der Waals surface area (Å²) in [6.07, 6.45) is -1.14. The normalized spacial score (nSPS) is 11.7. The van der Waals surface area contributed by atoms with Crippen LogP contribution in [0, 0.1) is 11.3 Å². The SMILES string of the molecule is CC(OC(=O)c1ccc(S(=O)(=O)N(C)c2ccccc2)cc1)C(=O)Nc1ccc(C#N)c(Cl)c1. The number of rotatable bonds is 7. The largest absolute Gasteiger partial charge is 0.449 e. The van der Waals surface area contributed by atoms with Crippen LogP contribution in [0.5, 0.6) is 0 Å². The Morgan fingerprint density at radius 1 is 1.06 bits per heavy atom. The molecule has 0 saturated carbocycles. The zero-order valence-electron chi connectivity index (χ0n) is 18.2. The number of esters is 1. The molecule has 0 aliphatic carbocycles. The number of nitrogens with zero attached hydrogens (tertiary/aromatic N) is 2. The minimum Gasteiger partial charge on any atom is -0.449 e. The van der Waals surface area contributed by atoms with Crippen LogP contribution < -0.4 is 9.62 Å². The zero-order chi connectivity index (χ0) is 24.9. The van der Waals surface area contributed by atoms with Crippen molar-refractivity contribution in [1.29, 1.82) is 5.26 Å². The van der Waals surface area contributed by atoms with E-state index in [2.05, 4.69) is 5.32 Å². The number of ether oxygens (including phenoxy) is 1. The number of carbonyl (C=O) groups is 2. The molecule has 1 amide bonds. The van der Waals surface area contributed by atoms with Gasteiger partial charge in [0.15, 0.2) is 6.10 Å². The van der Waals surface area contributed by atoms with Crippen LogP contribution in [0.2, 0.25) is 5.02 Å². The highest BCUT2D eigenvalue weighted by atomic mass is 35.5. The van der Waals surface area contributed by atoms with Crippen LogP contribution in [0.1, 0.15) is 22.8 Å². The van der Waals surface area contributed by atoms with Crippen LogP contribution in [-0.4, -0.2) is 33.4 Å². The second-order valence-corrected chi connectivity index (χ2v) is 9.55. The van der Waals surface area contributed by atoms with Gasteiger partial charge in [-0.1, -0.05) is 29.8 Å². The Morgan fingerprint density at radius 2 is 1.71 bits per heavy atom. The maximum absolute atomic E-state index is 12.8. The maximum Gasteiger partial charge on any atom is 0.338 e. The van der Waals surface area contributed by atoms with E-state index in [0.29, 0.717) is 11.4 Å². The molecule has 34 heavy (non-hydrogen) atoms. The van der Waals surface area contributed by atoms with Crippen molar-refractivity contribution in [2.24, 2.45) is 0 Å². The Kier molecular flexibility index (Phi) is 7.56. The van der Waals surface area contributed by atoms with E-state index in [1.54, 1.807) is 30.3 Å². The lowest BCUT2D eigenvalue weighted by atomic mass is 10.2. The highest BCUT2D eigenvalue weighted by Gasteiger charge is 2.23. The number of amides is 1. The third-order valence-corrected chi connectivity index (χ3v) is 6.99. The number of carbonyl (C=O) groups excluding carboxylic acids is 2. The average Bonchev–Trinajstić information content (AvgIpc) is 2.84. The van der Waals surface area contributed by atoms with E-state index in [-0.39, 0.29) is 21.0 Å². The van der Waals surface area contributed by atoms with E-state index >= 15 is 0 Å². The first-order valence-electron chi connectivity index (χ1n) is 9.99. The van der Waals surface area contributed by atoms with Crippen LogP contribution >= 0.6 is 11.6 Å². The summed E-state index contributed by atoms with van der Waals surface area (Å²) in [4.78, 5) is 24.8. The smallest absolute Gasteiger partial charge is 0.338 e. The van der Waals surface area contributed by atoms with Crippen LogP contribution in [0.15, 0.2) is 77.7 Å². The highest BCUT2D eigenvalue weighted by Crippen LogP contribution is 2.23. The molecular weight excluding hydrogens is 478 g/mol. The van der Waals surface area contributed by atoms with E-state index in [1.165, 1.54) is 56.4 Å². The number of halogens is 1. The molecule has 8 nitrogen and oxygen atoms in total. The van der Waals surface area contributed by atoms with Crippen molar-refractivity contribution < 1.29 is 22.7 Å². The lowest BCUT2D eigenvalue weighted by Gasteiger charge is -2.19. The van der Waals surface area contributed by atoms with Crippen molar-refractivity contribution in [2.45, 2.75) is 17.9 Å². The van der Waals surface area contributed by atoms with E-state index in [0.717, 1.165) is 4.31 Å². The van der Waals surface area contributed by atoms with Crippen molar-refractivity contribution in [1.82, 2.24) is 0 Å². The molecule has 0 spiro atoms. The van der Waals surface area contributed by atoms with Gasteiger partial charge in [0.1, 0.15) is 6.07 Å². The van der Waals surface area contributed by atoms with E-state index in [9.17, 15) is 18.0 Å². The molecule has 0 aromatic heterocycles. The summed E-state index contributed by atoms with van der Waals surface area (Å²) in [5.74, 6) is -1.39. The van der Waals surface area contributed by atoms with Crippen molar-refractivity contribution in [3.63, 3.8) is 0 Å². The molecule has 1 unspecified atom stereocenters. The first-order chi connectivity index (χ1) is 16.1. The Labute approximate surface area is 202 Å². The van der Waals surface area contributed by atoms with E-state index in [4.69, 9.17) is 21.6 Å². The molecule has 0 saturated heterocycles. The summed E-state index contributed by atoms with van der Waals surface area (Å²) < 4.78 is 32.0. The summed E-state index contributed by atoms with van der Waals surface area (Å²) in [6.45, 7) is 1.39. The maximum atomic E-state index is 12.8. The van der Waals surface area contributed by atoms with E-state index in [1.807, 2.05) is 6.07 Å². The number of benzene rings is 3. The summed E-state index contributed by atoms with van der Waals surface area (Å²) in [5.41, 5.74) is 1.19. The van der Waals surface area contributed by atoms with Gasteiger partial charge in [-0.2, -0.15) is 5.26 Å². The lowest BCUT2D eigenvalue weighted by molar-refractivity contribution is -0.123. The zero-order valence-corrected chi connectivity index (χ0v) is 19.8. The number of hydrogen-bond donors (Lipinski definition) is 1. The third kappa shape index (κ3) is 5.54. The highest BCUT2D eigenvalue weighted by molar-refractivity contribution is 7.92. The number of nitriles is 1.